The topological polar surface area (TPSA) is 70.8 Å². The molecule has 146 valence electrons. The van der Waals surface area contributed by atoms with Crippen molar-refractivity contribution in [2.24, 2.45) is 0 Å². The van der Waals surface area contributed by atoms with E-state index in [0.717, 1.165) is 11.3 Å². The van der Waals surface area contributed by atoms with E-state index in [1.54, 1.807) is 11.2 Å². The van der Waals surface area contributed by atoms with E-state index in [0.29, 0.717) is 26.1 Å². The number of rotatable bonds is 8. The van der Waals surface area contributed by atoms with Crippen LogP contribution in [-0.2, 0) is 27.7 Å². The third kappa shape index (κ3) is 5.43. The molecule has 1 aromatic heterocycles. The van der Waals surface area contributed by atoms with E-state index < -0.39 is 9.84 Å². The van der Waals surface area contributed by atoms with Gasteiger partial charge in [0.25, 0.3) is 0 Å². The zero-order valence-corrected chi connectivity index (χ0v) is 16.4. The maximum absolute atomic E-state index is 13.0. The molecule has 6 nitrogen and oxygen atoms in total. The second-order valence-corrected chi connectivity index (χ2v) is 9.18. The molecule has 2 aromatic rings. The molecular weight excluding hydrogens is 364 g/mol. The van der Waals surface area contributed by atoms with Crippen molar-refractivity contribution in [2.45, 2.75) is 32.5 Å². The number of nitrogens with zero attached hydrogens (tertiary/aromatic N) is 2. The molecule has 0 aliphatic carbocycles. The molecule has 1 unspecified atom stereocenters. The molecule has 0 N–H and O–H groups in total. The predicted octanol–water partition coefficient (Wildman–Crippen LogP) is 2.32. The standard InChI is InChI=1S/C20H26N2O4S/c1-2-22(18-10-12-27(24,25)16-18)20(23)15-21(14-19-9-6-11-26-19)13-17-7-4-3-5-8-17/h3-9,11,18H,2,10,12-16H2,1H3. The van der Waals surface area contributed by atoms with Crippen LogP contribution in [0.15, 0.2) is 53.1 Å². The van der Waals surface area contributed by atoms with Crippen LogP contribution in [0, 0.1) is 0 Å². The Morgan fingerprint density at radius 2 is 1.93 bits per heavy atom. The van der Waals surface area contributed by atoms with E-state index >= 15 is 0 Å². The average Bonchev–Trinajstić information content (AvgIpc) is 3.26. The maximum Gasteiger partial charge on any atom is 0.237 e. The molecule has 7 heteroatoms. The van der Waals surface area contributed by atoms with Crippen LogP contribution in [0.25, 0.3) is 0 Å². The van der Waals surface area contributed by atoms with E-state index in [1.165, 1.54) is 0 Å². The van der Waals surface area contributed by atoms with E-state index in [2.05, 4.69) is 0 Å². The van der Waals surface area contributed by atoms with Gasteiger partial charge >= 0.3 is 0 Å². The third-order valence-corrected chi connectivity index (χ3v) is 6.63. The molecule has 1 saturated heterocycles. The number of carbonyl (C=O) groups excluding carboxylic acids is 1. The lowest BCUT2D eigenvalue weighted by atomic mass is 10.2. The van der Waals surface area contributed by atoms with Gasteiger partial charge in [-0.25, -0.2) is 8.42 Å². The van der Waals surface area contributed by atoms with Crippen molar-refractivity contribution in [3.8, 4) is 0 Å². The normalized spacial score (nSPS) is 18.7. The molecule has 0 saturated carbocycles. The lowest BCUT2D eigenvalue weighted by Crippen LogP contribution is -2.45. The largest absolute Gasteiger partial charge is 0.468 e. The van der Waals surface area contributed by atoms with E-state index in [4.69, 9.17) is 4.42 Å². The van der Waals surface area contributed by atoms with Crippen LogP contribution in [-0.4, -0.2) is 54.8 Å². The highest BCUT2D eigenvalue weighted by Gasteiger charge is 2.34. The summed E-state index contributed by atoms with van der Waals surface area (Å²) in [6.45, 7) is 3.78. The van der Waals surface area contributed by atoms with Crippen LogP contribution in [0.4, 0.5) is 0 Å². The first-order valence-electron chi connectivity index (χ1n) is 9.25. The van der Waals surface area contributed by atoms with Crippen molar-refractivity contribution >= 4 is 15.7 Å². The zero-order valence-electron chi connectivity index (χ0n) is 15.6. The Labute approximate surface area is 160 Å². The number of amides is 1. The van der Waals surface area contributed by atoms with E-state index in [9.17, 15) is 13.2 Å². The Kier molecular flexibility index (Phi) is 6.34. The summed E-state index contributed by atoms with van der Waals surface area (Å²) in [7, 11) is -3.02. The van der Waals surface area contributed by atoms with Crippen molar-refractivity contribution in [2.75, 3.05) is 24.6 Å². The van der Waals surface area contributed by atoms with Crippen LogP contribution in [0.3, 0.4) is 0 Å². The van der Waals surface area contributed by atoms with Crippen LogP contribution < -0.4 is 0 Å². The number of hydrogen-bond acceptors (Lipinski definition) is 5. The van der Waals surface area contributed by atoms with E-state index in [1.807, 2.05) is 54.3 Å². The summed E-state index contributed by atoms with van der Waals surface area (Å²) in [4.78, 5) is 16.7. The average molecular weight is 391 g/mol. The van der Waals surface area contributed by atoms with Gasteiger partial charge < -0.3 is 9.32 Å². The van der Waals surface area contributed by atoms with Crippen molar-refractivity contribution in [1.29, 1.82) is 0 Å². The molecule has 1 aromatic carbocycles. The summed E-state index contributed by atoms with van der Waals surface area (Å²) in [5.74, 6) is 0.998. The van der Waals surface area contributed by atoms with Crippen LogP contribution in [0.1, 0.15) is 24.7 Å². The third-order valence-electron chi connectivity index (χ3n) is 4.88. The Bertz CT molecular complexity index is 834. The van der Waals surface area contributed by atoms with Crippen LogP contribution >= 0.6 is 0 Å². The molecule has 2 heterocycles. The zero-order chi connectivity index (χ0) is 19.3. The fourth-order valence-corrected chi connectivity index (χ4v) is 5.30. The lowest BCUT2D eigenvalue weighted by Gasteiger charge is -2.30. The number of sulfone groups is 1. The van der Waals surface area contributed by atoms with Crippen LogP contribution in [0.5, 0.6) is 0 Å². The molecular formula is C20H26N2O4S. The van der Waals surface area contributed by atoms with Crippen molar-refractivity contribution in [1.82, 2.24) is 9.80 Å². The Morgan fingerprint density at radius 1 is 1.15 bits per heavy atom. The maximum atomic E-state index is 13.0. The minimum Gasteiger partial charge on any atom is -0.468 e. The minimum absolute atomic E-state index is 0.0397. The Hall–Kier alpha value is -2.12. The Balaban J connectivity index is 1.70. The number of hydrogen-bond donors (Lipinski definition) is 0. The smallest absolute Gasteiger partial charge is 0.237 e. The molecule has 3 rings (SSSR count). The van der Waals surface area contributed by atoms with Gasteiger partial charge in [-0.1, -0.05) is 30.3 Å². The van der Waals surface area contributed by atoms with Crippen molar-refractivity contribution < 1.29 is 17.6 Å². The molecule has 1 aliphatic heterocycles. The van der Waals surface area contributed by atoms with Gasteiger partial charge in [0.1, 0.15) is 5.76 Å². The van der Waals surface area contributed by atoms with Gasteiger partial charge in [0.2, 0.25) is 5.91 Å². The Morgan fingerprint density at radius 3 is 2.52 bits per heavy atom. The van der Waals surface area contributed by atoms with Gasteiger partial charge in [0.15, 0.2) is 9.84 Å². The molecule has 1 fully saturated rings. The van der Waals surface area contributed by atoms with E-state index in [-0.39, 0.29) is 30.0 Å². The molecule has 27 heavy (non-hydrogen) atoms. The highest BCUT2D eigenvalue weighted by Crippen LogP contribution is 2.19. The first kappa shape index (κ1) is 19.6. The summed E-state index contributed by atoms with van der Waals surface area (Å²) in [6.07, 6.45) is 2.15. The molecule has 1 atom stereocenters. The summed E-state index contributed by atoms with van der Waals surface area (Å²) in [6, 6.07) is 13.5. The summed E-state index contributed by atoms with van der Waals surface area (Å²) in [5.41, 5.74) is 1.11. The van der Waals surface area contributed by atoms with Gasteiger partial charge in [-0.3, -0.25) is 9.69 Å². The fraction of sp³-hybridized carbons (Fsp3) is 0.450. The van der Waals surface area contributed by atoms with Gasteiger partial charge in [-0.05, 0) is 31.0 Å². The second kappa shape index (κ2) is 8.71. The quantitative estimate of drug-likeness (QED) is 0.692. The summed E-state index contributed by atoms with van der Waals surface area (Å²) in [5, 5.41) is 0. The molecule has 0 radical (unpaired) electrons. The van der Waals surface area contributed by atoms with Crippen molar-refractivity contribution in [3.05, 3.63) is 60.1 Å². The van der Waals surface area contributed by atoms with Crippen molar-refractivity contribution in [3.63, 3.8) is 0 Å². The highest BCUT2D eigenvalue weighted by molar-refractivity contribution is 7.91. The van der Waals surface area contributed by atoms with Gasteiger partial charge in [0.05, 0.1) is 30.9 Å². The summed E-state index contributed by atoms with van der Waals surface area (Å²) < 4.78 is 29.0. The molecule has 1 amide bonds. The first-order chi connectivity index (χ1) is 13.0. The second-order valence-electron chi connectivity index (χ2n) is 6.95. The number of benzene rings is 1. The SMILES string of the molecule is CCN(C(=O)CN(Cc1ccccc1)Cc1ccco1)C1CCS(=O)(=O)C1. The molecule has 0 spiro atoms. The lowest BCUT2D eigenvalue weighted by molar-refractivity contribution is -0.134. The fourth-order valence-electron chi connectivity index (χ4n) is 3.57. The minimum atomic E-state index is -3.02. The summed E-state index contributed by atoms with van der Waals surface area (Å²) >= 11 is 0. The van der Waals surface area contributed by atoms with Crippen LogP contribution in [0.2, 0.25) is 0 Å². The number of furan rings is 1. The predicted molar refractivity (Wildman–Crippen MR) is 104 cm³/mol. The molecule has 0 bridgehead atoms. The van der Waals surface area contributed by atoms with Gasteiger partial charge in [-0.15, -0.1) is 0 Å². The highest BCUT2D eigenvalue weighted by atomic mass is 32.2. The number of likely N-dealkylation sites (N-methyl/N-ethyl adjacent to an activating group) is 1. The number of carbonyl (C=O) groups is 1. The molecule has 1 aliphatic rings. The monoisotopic (exact) mass is 390 g/mol. The van der Waals surface area contributed by atoms with Gasteiger partial charge in [-0.2, -0.15) is 0 Å². The van der Waals surface area contributed by atoms with Gasteiger partial charge in [0, 0.05) is 19.1 Å². The first-order valence-corrected chi connectivity index (χ1v) is 11.1.